The van der Waals surface area contributed by atoms with Gasteiger partial charge >= 0.3 is 6.01 Å². The first-order valence-electron chi connectivity index (χ1n) is 5.02. The van der Waals surface area contributed by atoms with Crippen LogP contribution in [0.15, 0.2) is 36.4 Å². The molecule has 0 fully saturated rings. The first kappa shape index (κ1) is 10.5. The molecule has 2 rings (SSSR count). The predicted octanol–water partition coefficient (Wildman–Crippen LogP) is 2.68. The Bertz CT molecular complexity index is 474. The highest BCUT2D eigenvalue weighted by Crippen LogP contribution is 2.19. The minimum Gasteiger partial charge on any atom is -0.464 e. The minimum absolute atomic E-state index is 0.0707. The molecule has 0 unspecified atom stereocenters. The monoisotopic (exact) mass is 218 g/mol. The zero-order valence-corrected chi connectivity index (χ0v) is 8.85. The molecular weight excluding hydrogens is 207 g/mol. The summed E-state index contributed by atoms with van der Waals surface area (Å²) in [6.45, 7) is 2.22. The van der Waals surface area contributed by atoms with Crippen LogP contribution in [0, 0.1) is 5.95 Å². The van der Waals surface area contributed by atoms with E-state index in [1.165, 1.54) is 6.07 Å². The molecule has 0 aliphatic heterocycles. The Morgan fingerprint density at radius 1 is 1.19 bits per heavy atom. The van der Waals surface area contributed by atoms with E-state index in [0.717, 1.165) is 5.56 Å². The number of aromatic nitrogens is 2. The number of benzene rings is 1. The molecule has 0 amide bonds. The minimum atomic E-state index is -0.586. The van der Waals surface area contributed by atoms with Crippen LogP contribution in [0.3, 0.4) is 0 Å². The summed E-state index contributed by atoms with van der Waals surface area (Å²) < 4.78 is 18.3. The van der Waals surface area contributed by atoms with Gasteiger partial charge in [0.2, 0.25) is 5.95 Å². The van der Waals surface area contributed by atoms with Crippen LogP contribution >= 0.6 is 0 Å². The van der Waals surface area contributed by atoms with Gasteiger partial charge in [-0.2, -0.15) is 14.4 Å². The average molecular weight is 218 g/mol. The summed E-state index contributed by atoms with van der Waals surface area (Å²) in [5, 5.41) is 0. The number of hydrogen-bond acceptors (Lipinski definition) is 3. The molecule has 1 aromatic carbocycles. The third kappa shape index (κ3) is 2.34. The van der Waals surface area contributed by atoms with Crippen molar-refractivity contribution in [1.82, 2.24) is 9.97 Å². The first-order chi connectivity index (χ1) is 7.79. The van der Waals surface area contributed by atoms with Crippen LogP contribution in [0.25, 0.3) is 11.3 Å². The average Bonchev–Trinajstić information content (AvgIpc) is 2.30. The number of rotatable bonds is 3. The van der Waals surface area contributed by atoms with E-state index in [1.54, 1.807) is 6.92 Å². The molecule has 0 radical (unpaired) electrons. The Kier molecular flexibility index (Phi) is 3.10. The summed E-state index contributed by atoms with van der Waals surface area (Å²) in [4.78, 5) is 7.67. The number of hydrogen-bond donors (Lipinski definition) is 0. The lowest BCUT2D eigenvalue weighted by Gasteiger charge is -2.04. The standard InChI is InChI=1S/C12H11FN2O/c1-2-16-12-14-10(8-11(13)15-12)9-6-4-3-5-7-9/h3-8H,2H2,1H3. The van der Waals surface area contributed by atoms with Crippen molar-refractivity contribution < 1.29 is 9.13 Å². The highest BCUT2D eigenvalue weighted by molar-refractivity contribution is 5.58. The van der Waals surface area contributed by atoms with E-state index in [1.807, 2.05) is 30.3 Å². The number of nitrogens with zero attached hydrogens (tertiary/aromatic N) is 2. The maximum Gasteiger partial charge on any atom is 0.319 e. The van der Waals surface area contributed by atoms with E-state index >= 15 is 0 Å². The lowest BCUT2D eigenvalue weighted by Crippen LogP contribution is -2.00. The van der Waals surface area contributed by atoms with Gasteiger partial charge < -0.3 is 4.74 Å². The predicted molar refractivity (Wildman–Crippen MR) is 58.6 cm³/mol. The summed E-state index contributed by atoms with van der Waals surface area (Å²) in [6, 6.07) is 10.7. The molecule has 1 aromatic heterocycles. The Morgan fingerprint density at radius 3 is 2.62 bits per heavy atom. The Labute approximate surface area is 92.9 Å². The maximum atomic E-state index is 13.2. The molecule has 0 bridgehead atoms. The van der Waals surface area contributed by atoms with E-state index < -0.39 is 5.95 Å². The topological polar surface area (TPSA) is 35.0 Å². The lowest BCUT2D eigenvalue weighted by molar-refractivity contribution is 0.306. The van der Waals surface area contributed by atoms with Gasteiger partial charge in [-0.15, -0.1) is 0 Å². The van der Waals surface area contributed by atoms with Gasteiger partial charge in [0.15, 0.2) is 0 Å². The van der Waals surface area contributed by atoms with Gasteiger partial charge in [0, 0.05) is 11.6 Å². The van der Waals surface area contributed by atoms with E-state index in [0.29, 0.717) is 12.3 Å². The number of halogens is 1. The van der Waals surface area contributed by atoms with Gasteiger partial charge in [-0.05, 0) is 6.92 Å². The van der Waals surface area contributed by atoms with Gasteiger partial charge in [-0.25, -0.2) is 0 Å². The van der Waals surface area contributed by atoms with E-state index in [-0.39, 0.29) is 6.01 Å². The van der Waals surface area contributed by atoms with Crippen molar-refractivity contribution in [2.45, 2.75) is 6.92 Å². The van der Waals surface area contributed by atoms with Gasteiger partial charge in [0.25, 0.3) is 0 Å². The van der Waals surface area contributed by atoms with Crippen molar-refractivity contribution >= 4 is 0 Å². The van der Waals surface area contributed by atoms with Crippen molar-refractivity contribution in [1.29, 1.82) is 0 Å². The normalized spacial score (nSPS) is 10.1. The summed E-state index contributed by atoms with van der Waals surface area (Å²) in [5.74, 6) is -0.586. The molecule has 0 aliphatic carbocycles. The molecular formula is C12H11FN2O. The fraction of sp³-hybridized carbons (Fsp3) is 0.167. The summed E-state index contributed by atoms with van der Waals surface area (Å²) in [6.07, 6.45) is 0. The molecule has 4 heteroatoms. The zero-order chi connectivity index (χ0) is 11.4. The molecule has 0 N–H and O–H groups in total. The third-order valence-electron chi connectivity index (χ3n) is 2.02. The Hall–Kier alpha value is -1.97. The van der Waals surface area contributed by atoms with Crippen molar-refractivity contribution in [3.8, 4) is 17.3 Å². The van der Waals surface area contributed by atoms with Crippen LogP contribution in [0.1, 0.15) is 6.92 Å². The van der Waals surface area contributed by atoms with Crippen LogP contribution in [-0.2, 0) is 0 Å². The smallest absolute Gasteiger partial charge is 0.319 e. The maximum absolute atomic E-state index is 13.2. The largest absolute Gasteiger partial charge is 0.464 e. The molecule has 1 heterocycles. The van der Waals surface area contributed by atoms with Crippen molar-refractivity contribution in [3.05, 3.63) is 42.3 Å². The Balaban J connectivity index is 2.41. The molecule has 0 aliphatic rings. The van der Waals surface area contributed by atoms with E-state index in [4.69, 9.17) is 4.74 Å². The molecule has 0 spiro atoms. The fourth-order valence-corrected chi connectivity index (χ4v) is 1.35. The van der Waals surface area contributed by atoms with Crippen LogP contribution in [0.2, 0.25) is 0 Å². The second kappa shape index (κ2) is 4.70. The van der Waals surface area contributed by atoms with E-state index in [9.17, 15) is 4.39 Å². The quantitative estimate of drug-likeness (QED) is 0.743. The van der Waals surface area contributed by atoms with Gasteiger partial charge in [-0.3, -0.25) is 0 Å². The highest BCUT2D eigenvalue weighted by Gasteiger charge is 2.06. The molecule has 3 nitrogen and oxygen atoms in total. The molecule has 82 valence electrons. The third-order valence-corrected chi connectivity index (χ3v) is 2.02. The van der Waals surface area contributed by atoms with Crippen LogP contribution in [-0.4, -0.2) is 16.6 Å². The Morgan fingerprint density at radius 2 is 1.94 bits per heavy atom. The molecule has 2 aromatic rings. The summed E-state index contributed by atoms with van der Waals surface area (Å²) in [5.41, 5.74) is 1.36. The highest BCUT2D eigenvalue weighted by atomic mass is 19.1. The lowest BCUT2D eigenvalue weighted by atomic mass is 10.1. The molecule has 16 heavy (non-hydrogen) atoms. The van der Waals surface area contributed by atoms with Crippen molar-refractivity contribution in [3.63, 3.8) is 0 Å². The SMILES string of the molecule is CCOc1nc(F)cc(-c2ccccc2)n1. The van der Waals surface area contributed by atoms with Crippen LogP contribution < -0.4 is 4.74 Å². The van der Waals surface area contributed by atoms with Crippen LogP contribution in [0.5, 0.6) is 6.01 Å². The first-order valence-corrected chi connectivity index (χ1v) is 5.02. The number of ether oxygens (including phenoxy) is 1. The zero-order valence-electron chi connectivity index (χ0n) is 8.85. The summed E-state index contributed by atoms with van der Waals surface area (Å²) in [7, 11) is 0. The van der Waals surface area contributed by atoms with Gasteiger partial charge in [0.1, 0.15) is 0 Å². The summed E-state index contributed by atoms with van der Waals surface area (Å²) >= 11 is 0. The second-order valence-electron chi connectivity index (χ2n) is 3.16. The van der Waals surface area contributed by atoms with Crippen LogP contribution in [0.4, 0.5) is 4.39 Å². The molecule has 0 saturated carbocycles. The second-order valence-corrected chi connectivity index (χ2v) is 3.16. The molecule has 0 saturated heterocycles. The van der Waals surface area contributed by atoms with E-state index in [2.05, 4.69) is 9.97 Å². The van der Waals surface area contributed by atoms with Crippen molar-refractivity contribution in [2.75, 3.05) is 6.61 Å². The van der Waals surface area contributed by atoms with Gasteiger partial charge in [-0.1, -0.05) is 30.3 Å². The van der Waals surface area contributed by atoms with Gasteiger partial charge in [0.05, 0.1) is 12.3 Å². The van der Waals surface area contributed by atoms with Crippen molar-refractivity contribution in [2.24, 2.45) is 0 Å². The molecule has 0 atom stereocenters. The fourth-order valence-electron chi connectivity index (χ4n) is 1.35.